The van der Waals surface area contributed by atoms with Crippen molar-refractivity contribution in [1.29, 1.82) is 0 Å². The number of hydrogen-bond donors (Lipinski definition) is 0. The van der Waals surface area contributed by atoms with Crippen molar-refractivity contribution in [3.8, 4) is 0 Å². The zero-order valence-corrected chi connectivity index (χ0v) is 40.4. The fraction of sp³-hybridized carbons (Fsp3) is 0.943. The SMILES string of the molecule is CCCCCCCCCCCCCC(=O)OC[C@@H](COC(=O)CCCCCCCCCCCC(C)C)OC(=O)CCCCCCCCCCCCCCCCCC(C)C. The highest BCUT2D eigenvalue weighted by molar-refractivity contribution is 5.71. The highest BCUT2D eigenvalue weighted by atomic mass is 16.6. The second kappa shape index (κ2) is 45.9. The zero-order valence-electron chi connectivity index (χ0n) is 40.4. The van der Waals surface area contributed by atoms with Crippen LogP contribution < -0.4 is 0 Å². The van der Waals surface area contributed by atoms with Gasteiger partial charge in [0.2, 0.25) is 0 Å². The average molecular weight is 835 g/mol. The Morgan fingerprint density at radius 3 is 0.831 bits per heavy atom. The first-order chi connectivity index (χ1) is 28.7. The Bertz CT molecular complexity index is 900. The molecule has 0 fully saturated rings. The second-order valence-electron chi connectivity index (χ2n) is 19.1. The third-order valence-corrected chi connectivity index (χ3v) is 12.0. The van der Waals surface area contributed by atoms with Crippen LogP contribution in [0.1, 0.15) is 291 Å². The topological polar surface area (TPSA) is 78.9 Å². The number of unbranched alkanes of at least 4 members (excludes halogenated alkanes) is 32. The van der Waals surface area contributed by atoms with E-state index >= 15 is 0 Å². The van der Waals surface area contributed by atoms with Gasteiger partial charge in [0, 0.05) is 19.3 Å². The second-order valence-corrected chi connectivity index (χ2v) is 19.1. The molecule has 6 nitrogen and oxygen atoms in total. The Labute approximate surface area is 368 Å². The molecule has 0 heterocycles. The smallest absolute Gasteiger partial charge is 0.306 e. The van der Waals surface area contributed by atoms with E-state index in [-0.39, 0.29) is 31.1 Å². The molecule has 0 radical (unpaired) electrons. The summed E-state index contributed by atoms with van der Waals surface area (Å²) in [6.45, 7) is 11.4. The van der Waals surface area contributed by atoms with Crippen LogP contribution in [0.3, 0.4) is 0 Å². The van der Waals surface area contributed by atoms with Crippen molar-refractivity contribution >= 4 is 17.9 Å². The minimum Gasteiger partial charge on any atom is -0.462 e. The van der Waals surface area contributed by atoms with Crippen LogP contribution in [0.2, 0.25) is 0 Å². The maximum absolute atomic E-state index is 12.8. The molecule has 59 heavy (non-hydrogen) atoms. The predicted molar refractivity (Wildman–Crippen MR) is 252 cm³/mol. The maximum atomic E-state index is 12.8. The summed E-state index contributed by atoms with van der Waals surface area (Å²) in [5.74, 6) is 0.808. The van der Waals surface area contributed by atoms with Crippen molar-refractivity contribution in [2.75, 3.05) is 13.2 Å². The highest BCUT2D eigenvalue weighted by Gasteiger charge is 2.19. The first-order valence-corrected chi connectivity index (χ1v) is 26.2. The molecule has 350 valence electrons. The van der Waals surface area contributed by atoms with Gasteiger partial charge < -0.3 is 14.2 Å². The van der Waals surface area contributed by atoms with Crippen LogP contribution >= 0.6 is 0 Å². The number of hydrogen-bond acceptors (Lipinski definition) is 6. The lowest BCUT2D eigenvalue weighted by atomic mass is 10.0. The van der Waals surface area contributed by atoms with Crippen LogP contribution in [0.4, 0.5) is 0 Å². The van der Waals surface area contributed by atoms with Crippen LogP contribution in [0, 0.1) is 11.8 Å². The summed E-state index contributed by atoms with van der Waals surface area (Å²) in [6.07, 6.45) is 46.6. The first kappa shape index (κ1) is 57.4. The highest BCUT2D eigenvalue weighted by Crippen LogP contribution is 2.17. The molecule has 0 spiro atoms. The quantitative estimate of drug-likeness (QED) is 0.0345. The molecule has 1 atom stereocenters. The van der Waals surface area contributed by atoms with Crippen LogP contribution in [0.5, 0.6) is 0 Å². The van der Waals surface area contributed by atoms with Crippen molar-refractivity contribution in [3.05, 3.63) is 0 Å². The van der Waals surface area contributed by atoms with E-state index in [1.165, 1.54) is 180 Å². The molecule has 0 aliphatic carbocycles. The van der Waals surface area contributed by atoms with Crippen molar-refractivity contribution in [1.82, 2.24) is 0 Å². The Morgan fingerprint density at radius 1 is 0.322 bits per heavy atom. The Morgan fingerprint density at radius 2 is 0.559 bits per heavy atom. The van der Waals surface area contributed by atoms with Gasteiger partial charge in [-0.1, -0.05) is 253 Å². The number of carbonyl (C=O) groups excluding carboxylic acids is 3. The molecule has 0 N–H and O–H groups in total. The van der Waals surface area contributed by atoms with Gasteiger partial charge in [-0.3, -0.25) is 14.4 Å². The maximum Gasteiger partial charge on any atom is 0.306 e. The zero-order chi connectivity index (χ0) is 43.3. The van der Waals surface area contributed by atoms with Gasteiger partial charge in [-0.15, -0.1) is 0 Å². The summed E-state index contributed by atoms with van der Waals surface area (Å²) in [6, 6.07) is 0. The molecule has 0 aromatic heterocycles. The fourth-order valence-electron chi connectivity index (χ4n) is 7.99. The lowest BCUT2D eigenvalue weighted by Gasteiger charge is -2.18. The van der Waals surface area contributed by atoms with E-state index in [1.54, 1.807) is 0 Å². The minimum absolute atomic E-state index is 0.0637. The van der Waals surface area contributed by atoms with Crippen LogP contribution in [-0.4, -0.2) is 37.2 Å². The van der Waals surface area contributed by atoms with Gasteiger partial charge in [0.1, 0.15) is 13.2 Å². The summed E-state index contributed by atoms with van der Waals surface area (Å²) in [4.78, 5) is 37.9. The van der Waals surface area contributed by atoms with E-state index in [0.29, 0.717) is 19.3 Å². The Balaban J connectivity index is 4.28. The normalized spacial score (nSPS) is 12.1. The van der Waals surface area contributed by atoms with E-state index in [9.17, 15) is 14.4 Å². The molecule has 0 aliphatic heterocycles. The van der Waals surface area contributed by atoms with E-state index in [2.05, 4.69) is 34.6 Å². The minimum atomic E-state index is -0.761. The predicted octanol–water partition coefficient (Wildman–Crippen LogP) is 16.9. The van der Waals surface area contributed by atoms with E-state index in [4.69, 9.17) is 14.2 Å². The molecule has 6 heteroatoms. The molecular weight excluding hydrogens is 733 g/mol. The number of ether oxygens (including phenoxy) is 3. The molecule has 0 saturated carbocycles. The van der Waals surface area contributed by atoms with Crippen molar-refractivity contribution in [2.24, 2.45) is 11.8 Å². The summed E-state index contributed by atoms with van der Waals surface area (Å²) < 4.78 is 16.8. The van der Waals surface area contributed by atoms with Gasteiger partial charge in [-0.05, 0) is 31.1 Å². The monoisotopic (exact) mass is 835 g/mol. The van der Waals surface area contributed by atoms with Crippen LogP contribution in [-0.2, 0) is 28.6 Å². The lowest BCUT2D eigenvalue weighted by Crippen LogP contribution is -2.30. The molecule has 0 bridgehead atoms. The van der Waals surface area contributed by atoms with E-state index < -0.39 is 6.10 Å². The summed E-state index contributed by atoms with van der Waals surface area (Å²) in [7, 11) is 0. The first-order valence-electron chi connectivity index (χ1n) is 26.2. The van der Waals surface area contributed by atoms with Crippen LogP contribution in [0.25, 0.3) is 0 Å². The fourth-order valence-corrected chi connectivity index (χ4v) is 7.99. The van der Waals surface area contributed by atoms with Gasteiger partial charge in [0.05, 0.1) is 0 Å². The molecule has 0 aromatic rings. The lowest BCUT2D eigenvalue weighted by molar-refractivity contribution is -0.167. The van der Waals surface area contributed by atoms with Gasteiger partial charge in [0.15, 0.2) is 6.10 Å². The van der Waals surface area contributed by atoms with Gasteiger partial charge in [0.25, 0.3) is 0 Å². The number of carbonyl (C=O) groups is 3. The third-order valence-electron chi connectivity index (χ3n) is 12.0. The molecule has 0 amide bonds. The van der Waals surface area contributed by atoms with E-state index in [1.807, 2.05) is 0 Å². The summed E-state index contributed by atoms with van der Waals surface area (Å²) >= 11 is 0. The van der Waals surface area contributed by atoms with Crippen molar-refractivity contribution in [3.63, 3.8) is 0 Å². The van der Waals surface area contributed by atoms with Crippen LogP contribution in [0.15, 0.2) is 0 Å². The Hall–Kier alpha value is -1.59. The third kappa shape index (κ3) is 47.3. The molecular formula is C53H102O6. The molecule has 0 aromatic carbocycles. The molecule has 0 saturated heterocycles. The molecule has 0 rings (SSSR count). The van der Waals surface area contributed by atoms with E-state index in [0.717, 1.165) is 69.6 Å². The van der Waals surface area contributed by atoms with Crippen molar-refractivity contribution in [2.45, 2.75) is 298 Å². The Kier molecular flexibility index (Phi) is 44.7. The van der Waals surface area contributed by atoms with Gasteiger partial charge >= 0.3 is 17.9 Å². The van der Waals surface area contributed by atoms with Crippen molar-refractivity contribution < 1.29 is 28.6 Å². The standard InChI is InChI=1S/C53H102O6/c1-6-7-8-9-10-11-17-23-28-33-38-43-51(54)57-46-50(47-58-52(55)44-39-34-29-25-20-22-27-32-37-42-49(4)5)59-53(56)45-40-35-30-24-19-16-14-12-13-15-18-21-26-31-36-41-48(2)3/h48-50H,6-47H2,1-5H3/t50-/m0/s1. The molecule has 0 aliphatic rings. The summed E-state index contributed by atoms with van der Waals surface area (Å²) in [5.41, 5.74) is 0. The largest absolute Gasteiger partial charge is 0.462 e. The number of rotatable bonds is 47. The molecule has 0 unspecified atom stereocenters. The van der Waals surface area contributed by atoms with Gasteiger partial charge in [-0.2, -0.15) is 0 Å². The average Bonchev–Trinajstić information content (AvgIpc) is 3.20. The number of esters is 3. The summed E-state index contributed by atoms with van der Waals surface area (Å²) in [5, 5.41) is 0. The van der Waals surface area contributed by atoms with Gasteiger partial charge in [-0.25, -0.2) is 0 Å².